The van der Waals surface area contributed by atoms with Crippen molar-refractivity contribution in [1.82, 2.24) is 0 Å². The van der Waals surface area contributed by atoms with E-state index in [0.29, 0.717) is 6.04 Å². The summed E-state index contributed by atoms with van der Waals surface area (Å²) < 4.78 is 0. The van der Waals surface area contributed by atoms with Gasteiger partial charge in [0, 0.05) is 17.5 Å². The van der Waals surface area contributed by atoms with Gasteiger partial charge in [0.05, 0.1) is 0 Å². The van der Waals surface area contributed by atoms with Gasteiger partial charge in [-0.1, -0.05) is 12.1 Å². The fraction of sp³-hybridized carbons (Fsp3) is 0.455. The molecular weight excluding hydrogens is 178 g/mol. The second-order valence-corrected chi connectivity index (χ2v) is 4.72. The van der Waals surface area contributed by atoms with E-state index < -0.39 is 0 Å². The van der Waals surface area contributed by atoms with Crippen LogP contribution < -0.4 is 5.32 Å². The van der Waals surface area contributed by atoms with Gasteiger partial charge < -0.3 is 5.32 Å². The Morgan fingerprint density at radius 2 is 2.38 bits per heavy atom. The maximum atomic E-state index is 3.56. The number of rotatable bonds is 2. The Balaban J connectivity index is 2.00. The number of aryl methyl sites for hydroxylation is 1. The first kappa shape index (κ1) is 8.95. The lowest BCUT2D eigenvalue weighted by atomic mass is 10.2. The molecule has 0 aromatic heterocycles. The summed E-state index contributed by atoms with van der Waals surface area (Å²) in [6, 6.07) is 9.29. The molecule has 0 spiro atoms. The molecule has 0 aliphatic carbocycles. The Hall–Kier alpha value is -0.630. The molecule has 0 saturated carbocycles. The smallest absolute Gasteiger partial charge is 0.0359 e. The van der Waals surface area contributed by atoms with Crippen LogP contribution in [0.3, 0.4) is 0 Å². The molecule has 1 atom stereocenters. The van der Waals surface area contributed by atoms with Gasteiger partial charge in [-0.2, -0.15) is 11.8 Å². The highest BCUT2D eigenvalue weighted by atomic mass is 32.2. The number of thioether (sulfide) groups is 1. The summed E-state index contributed by atoms with van der Waals surface area (Å²) in [5.41, 5.74) is 2.60. The van der Waals surface area contributed by atoms with E-state index in [1.807, 2.05) is 11.8 Å². The molecule has 0 radical (unpaired) electrons. The first-order valence-corrected chi connectivity index (χ1v) is 5.91. The molecule has 1 aliphatic heterocycles. The topological polar surface area (TPSA) is 12.0 Å². The van der Waals surface area contributed by atoms with Gasteiger partial charge in [0.1, 0.15) is 0 Å². The summed E-state index contributed by atoms with van der Waals surface area (Å²) in [6.07, 6.45) is 1.30. The standard InChI is InChI=1S/C11H15NS/c1-9-3-2-4-10(7-9)12-11-5-6-13-8-11/h2-4,7,11-12H,5-6,8H2,1H3/t11-/m0/s1. The minimum Gasteiger partial charge on any atom is -0.381 e. The van der Waals surface area contributed by atoms with Gasteiger partial charge in [-0.05, 0) is 36.8 Å². The van der Waals surface area contributed by atoms with Crippen molar-refractivity contribution in [2.45, 2.75) is 19.4 Å². The molecule has 1 aliphatic rings. The molecule has 2 heteroatoms. The monoisotopic (exact) mass is 193 g/mol. The number of hydrogen-bond donors (Lipinski definition) is 1. The summed E-state index contributed by atoms with van der Waals surface area (Å²) in [4.78, 5) is 0. The Morgan fingerprint density at radius 1 is 1.46 bits per heavy atom. The van der Waals surface area contributed by atoms with E-state index in [1.54, 1.807) is 0 Å². The van der Waals surface area contributed by atoms with Gasteiger partial charge in [-0.3, -0.25) is 0 Å². The molecule has 0 unspecified atom stereocenters. The molecule has 1 aromatic carbocycles. The maximum absolute atomic E-state index is 3.56. The lowest BCUT2D eigenvalue weighted by molar-refractivity contribution is 0.813. The van der Waals surface area contributed by atoms with Crippen molar-refractivity contribution >= 4 is 17.4 Å². The second-order valence-electron chi connectivity index (χ2n) is 3.57. The van der Waals surface area contributed by atoms with Crippen LogP contribution in [-0.2, 0) is 0 Å². The van der Waals surface area contributed by atoms with Crippen LogP contribution >= 0.6 is 11.8 Å². The third-order valence-electron chi connectivity index (χ3n) is 2.32. The zero-order valence-corrected chi connectivity index (χ0v) is 8.73. The molecule has 0 amide bonds. The van der Waals surface area contributed by atoms with Crippen LogP contribution in [0.15, 0.2) is 24.3 Å². The molecule has 1 saturated heterocycles. The van der Waals surface area contributed by atoms with Crippen LogP contribution in [-0.4, -0.2) is 17.5 Å². The van der Waals surface area contributed by atoms with Crippen molar-refractivity contribution in [2.24, 2.45) is 0 Å². The Morgan fingerprint density at radius 3 is 3.08 bits per heavy atom. The first-order chi connectivity index (χ1) is 6.34. The van der Waals surface area contributed by atoms with Crippen LogP contribution in [0.5, 0.6) is 0 Å². The molecule has 1 N–H and O–H groups in total. The number of anilines is 1. The van der Waals surface area contributed by atoms with Gasteiger partial charge in [0.2, 0.25) is 0 Å². The predicted octanol–water partition coefficient (Wildman–Crippen LogP) is 2.91. The largest absolute Gasteiger partial charge is 0.381 e. The van der Waals surface area contributed by atoms with Gasteiger partial charge in [-0.25, -0.2) is 0 Å². The zero-order chi connectivity index (χ0) is 9.10. The van der Waals surface area contributed by atoms with E-state index in [1.165, 1.54) is 29.2 Å². The molecule has 0 bridgehead atoms. The second kappa shape index (κ2) is 4.05. The number of benzene rings is 1. The molecule has 70 valence electrons. The van der Waals surface area contributed by atoms with Crippen LogP contribution in [0.1, 0.15) is 12.0 Å². The van der Waals surface area contributed by atoms with Gasteiger partial charge >= 0.3 is 0 Å². The quantitative estimate of drug-likeness (QED) is 0.775. The Labute approximate surface area is 83.9 Å². The summed E-state index contributed by atoms with van der Waals surface area (Å²) in [5, 5.41) is 3.56. The minimum absolute atomic E-state index is 0.687. The van der Waals surface area contributed by atoms with Crippen LogP contribution in [0.25, 0.3) is 0 Å². The predicted molar refractivity (Wildman–Crippen MR) is 60.5 cm³/mol. The fourth-order valence-electron chi connectivity index (χ4n) is 1.62. The average molecular weight is 193 g/mol. The SMILES string of the molecule is Cc1cccc(N[C@H]2CCSC2)c1. The van der Waals surface area contributed by atoms with Crippen molar-refractivity contribution in [3.63, 3.8) is 0 Å². The summed E-state index contributed by atoms with van der Waals surface area (Å²) >= 11 is 2.04. The minimum atomic E-state index is 0.687. The van der Waals surface area contributed by atoms with Crippen molar-refractivity contribution in [3.05, 3.63) is 29.8 Å². The Kier molecular flexibility index (Phi) is 2.79. The van der Waals surface area contributed by atoms with Gasteiger partial charge in [0.15, 0.2) is 0 Å². The van der Waals surface area contributed by atoms with E-state index in [-0.39, 0.29) is 0 Å². The lowest BCUT2D eigenvalue weighted by Crippen LogP contribution is -2.17. The van der Waals surface area contributed by atoms with Crippen molar-refractivity contribution in [3.8, 4) is 0 Å². The van der Waals surface area contributed by atoms with Crippen molar-refractivity contribution < 1.29 is 0 Å². The van der Waals surface area contributed by atoms with Crippen molar-refractivity contribution in [2.75, 3.05) is 16.8 Å². The molecule has 1 aromatic rings. The lowest BCUT2D eigenvalue weighted by Gasteiger charge is -2.12. The van der Waals surface area contributed by atoms with E-state index in [0.717, 1.165) is 0 Å². The summed E-state index contributed by atoms with van der Waals surface area (Å²) in [5.74, 6) is 2.57. The molecule has 1 fully saturated rings. The highest BCUT2D eigenvalue weighted by molar-refractivity contribution is 7.99. The highest BCUT2D eigenvalue weighted by Gasteiger charge is 2.14. The number of nitrogens with one attached hydrogen (secondary N) is 1. The maximum Gasteiger partial charge on any atom is 0.0359 e. The van der Waals surface area contributed by atoms with Crippen LogP contribution in [0.2, 0.25) is 0 Å². The fourth-order valence-corrected chi connectivity index (χ4v) is 2.77. The number of hydrogen-bond acceptors (Lipinski definition) is 2. The average Bonchev–Trinajstić information content (AvgIpc) is 2.57. The molecule has 1 heterocycles. The van der Waals surface area contributed by atoms with Gasteiger partial charge in [0.25, 0.3) is 0 Å². The highest BCUT2D eigenvalue weighted by Crippen LogP contribution is 2.21. The van der Waals surface area contributed by atoms with Gasteiger partial charge in [-0.15, -0.1) is 0 Å². The zero-order valence-electron chi connectivity index (χ0n) is 7.92. The summed E-state index contributed by atoms with van der Waals surface area (Å²) in [6.45, 7) is 2.13. The molecule has 1 nitrogen and oxygen atoms in total. The van der Waals surface area contributed by atoms with E-state index in [9.17, 15) is 0 Å². The molecule has 2 rings (SSSR count). The first-order valence-electron chi connectivity index (χ1n) is 4.75. The normalized spacial score (nSPS) is 21.8. The van der Waals surface area contributed by atoms with Crippen LogP contribution in [0, 0.1) is 6.92 Å². The van der Waals surface area contributed by atoms with Crippen molar-refractivity contribution in [1.29, 1.82) is 0 Å². The van der Waals surface area contributed by atoms with Crippen LogP contribution in [0.4, 0.5) is 5.69 Å². The third kappa shape index (κ3) is 2.41. The van der Waals surface area contributed by atoms with E-state index in [2.05, 4.69) is 36.5 Å². The molecule has 13 heavy (non-hydrogen) atoms. The Bertz CT molecular complexity index is 279. The van der Waals surface area contributed by atoms with E-state index in [4.69, 9.17) is 0 Å². The third-order valence-corrected chi connectivity index (χ3v) is 3.48. The summed E-state index contributed by atoms with van der Waals surface area (Å²) in [7, 11) is 0. The molecular formula is C11H15NS. The van der Waals surface area contributed by atoms with E-state index >= 15 is 0 Å².